The molecule has 1 aromatic heterocycles. The number of halogens is 1. The third kappa shape index (κ3) is 7.05. The highest BCUT2D eigenvalue weighted by Gasteiger charge is 2.33. The lowest BCUT2D eigenvalue weighted by Gasteiger charge is -2.37. The zero-order chi connectivity index (χ0) is 26.4. The number of hydrogen-bond donors (Lipinski definition) is 1. The van der Waals surface area contributed by atoms with Gasteiger partial charge in [-0.1, -0.05) is 49.7 Å². The van der Waals surface area contributed by atoms with Crippen LogP contribution in [0, 0.1) is 12.8 Å². The highest BCUT2D eigenvalue weighted by molar-refractivity contribution is 7.10. The molecule has 0 spiro atoms. The molecule has 0 aliphatic carbocycles. The Hall–Kier alpha value is -3.03. The third-order valence-electron chi connectivity index (χ3n) is 6.57. The van der Waals surface area contributed by atoms with Crippen LogP contribution in [0.15, 0.2) is 60.0 Å². The van der Waals surface area contributed by atoms with Gasteiger partial charge in [-0.3, -0.25) is 4.79 Å². The molecule has 0 bridgehead atoms. The van der Waals surface area contributed by atoms with Gasteiger partial charge in [-0.2, -0.15) is 0 Å². The molecule has 0 saturated heterocycles. The van der Waals surface area contributed by atoms with Crippen LogP contribution in [0.1, 0.15) is 42.3 Å². The fourth-order valence-corrected chi connectivity index (χ4v) is 5.57. The quantitative estimate of drug-likeness (QED) is 0.325. The molecule has 2 aromatic carbocycles. The number of urea groups is 1. The second-order valence-corrected chi connectivity index (χ2v) is 11.2. The minimum atomic E-state index is -0.308. The lowest BCUT2D eigenvalue weighted by molar-refractivity contribution is -0.135. The molecule has 0 saturated carbocycles. The van der Waals surface area contributed by atoms with Crippen LogP contribution in [0.25, 0.3) is 0 Å². The number of para-hydroxylation sites is 1. The van der Waals surface area contributed by atoms with Crippen LogP contribution in [-0.2, 0) is 11.2 Å². The smallest absolute Gasteiger partial charge is 0.322 e. The minimum absolute atomic E-state index is 0.000541. The van der Waals surface area contributed by atoms with Gasteiger partial charge in [0, 0.05) is 28.7 Å². The van der Waals surface area contributed by atoms with Crippen molar-refractivity contribution < 1.29 is 14.3 Å². The molecular weight excluding hydrogens is 506 g/mol. The summed E-state index contributed by atoms with van der Waals surface area (Å²) in [6, 6.07) is 16.5. The summed E-state index contributed by atoms with van der Waals surface area (Å²) in [5.41, 5.74) is 2.79. The molecule has 6 nitrogen and oxygen atoms in total. The zero-order valence-corrected chi connectivity index (χ0v) is 23.1. The molecule has 3 aromatic rings. The number of ether oxygens (including phenoxy) is 1. The number of carbonyl (C=O) groups excluding carboxylic acids is 2. The van der Waals surface area contributed by atoms with Crippen LogP contribution in [-0.4, -0.2) is 48.0 Å². The van der Waals surface area contributed by atoms with Gasteiger partial charge >= 0.3 is 6.03 Å². The molecule has 0 radical (unpaired) electrons. The van der Waals surface area contributed by atoms with Crippen LogP contribution in [0.4, 0.5) is 10.5 Å². The number of rotatable bonds is 9. The van der Waals surface area contributed by atoms with Gasteiger partial charge in [0.25, 0.3) is 0 Å². The van der Waals surface area contributed by atoms with E-state index in [9.17, 15) is 9.59 Å². The Balaban J connectivity index is 1.50. The van der Waals surface area contributed by atoms with E-state index < -0.39 is 0 Å². The Morgan fingerprint density at radius 1 is 1.19 bits per heavy atom. The second-order valence-electron chi connectivity index (χ2n) is 9.77. The number of carbonyl (C=O) groups is 2. The maximum absolute atomic E-state index is 13.7. The van der Waals surface area contributed by atoms with Gasteiger partial charge in [0.2, 0.25) is 5.91 Å². The zero-order valence-electron chi connectivity index (χ0n) is 21.6. The number of fused-ring (bicyclic) bond motifs is 1. The lowest BCUT2D eigenvalue weighted by Crippen LogP contribution is -2.49. The van der Waals surface area contributed by atoms with Crippen LogP contribution in [0.2, 0.25) is 5.02 Å². The number of thiophene rings is 1. The molecule has 3 amide bonds. The lowest BCUT2D eigenvalue weighted by atomic mass is 10.00. The summed E-state index contributed by atoms with van der Waals surface area (Å²) in [4.78, 5) is 31.7. The van der Waals surface area contributed by atoms with Crippen LogP contribution >= 0.6 is 22.9 Å². The van der Waals surface area contributed by atoms with Gasteiger partial charge in [-0.15, -0.1) is 11.3 Å². The van der Waals surface area contributed by atoms with E-state index in [0.717, 1.165) is 29.7 Å². The highest BCUT2D eigenvalue weighted by atomic mass is 35.5. The largest absolute Gasteiger partial charge is 0.491 e. The van der Waals surface area contributed by atoms with Crippen molar-refractivity contribution >= 4 is 40.6 Å². The van der Waals surface area contributed by atoms with Gasteiger partial charge in [0.05, 0.1) is 6.04 Å². The van der Waals surface area contributed by atoms with Gasteiger partial charge in [0.15, 0.2) is 0 Å². The average Bonchev–Trinajstić information content (AvgIpc) is 3.35. The molecular formula is C29H34ClN3O3S. The first-order chi connectivity index (χ1) is 17.8. The first kappa shape index (κ1) is 27.0. The highest BCUT2D eigenvalue weighted by Crippen LogP contribution is 2.34. The second kappa shape index (κ2) is 12.5. The predicted octanol–water partition coefficient (Wildman–Crippen LogP) is 6.79. The molecule has 0 unspecified atom stereocenters. The molecule has 1 atom stereocenters. The monoisotopic (exact) mass is 539 g/mol. The van der Waals surface area contributed by atoms with Crippen LogP contribution in [0.3, 0.4) is 0 Å². The van der Waals surface area contributed by atoms with Crippen molar-refractivity contribution in [1.29, 1.82) is 0 Å². The third-order valence-corrected chi connectivity index (χ3v) is 7.80. The van der Waals surface area contributed by atoms with Crippen molar-refractivity contribution in [3.05, 3.63) is 81.0 Å². The standard InChI is InChI=1S/C29H34ClN3O3S/c1-20(2)11-14-32(29(35)31-23-9-6-8-22(30)17-23)18-28(34)33-15-12-27-24(13-16-37-27)25(33)19-36-26-10-5-4-7-21(26)3/h4-10,13,16-17,20,25H,11-12,14-15,18-19H2,1-3H3,(H,31,35)/t25-/m0/s1. The Bertz CT molecular complexity index is 1230. The molecule has 1 N–H and O–H groups in total. The molecule has 0 fully saturated rings. The van der Waals surface area contributed by atoms with E-state index in [-0.39, 0.29) is 24.5 Å². The first-order valence-corrected chi connectivity index (χ1v) is 13.9. The minimum Gasteiger partial charge on any atom is -0.491 e. The Morgan fingerprint density at radius 2 is 2.00 bits per heavy atom. The normalized spacial score (nSPS) is 14.8. The molecule has 196 valence electrons. The van der Waals surface area contributed by atoms with Crippen molar-refractivity contribution in [3.63, 3.8) is 0 Å². The number of aryl methyl sites for hydroxylation is 1. The van der Waals surface area contributed by atoms with Gasteiger partial charge in [-0.05, 0) is 72.5 Å². The van der Waals surface area contributed by atoms with E-state index in [0.29, 0.717) is 36.3 Å². The van der Waals surface area contributed by atoms with E-state index in [1.54, 1.807) is 40.5 Å². The van der Waals surface area contributed by atoms with E-state index in [2.05, 4.69) is 30.6 Å². The fourth-order valence-electron chi connectivity index (χ4n) is 4.45. The first-order valence-electron chi connectivity index (χ1n) is 12.7. The molecule has 2 heterocycles. The topological polar surface area (TPSA) is 61.9 Å². The summed E-state index contributed by atoms with van der Waals surface area (Å²) >= 11 is 7.81. The molecule has 8 heteroatoms. The van der Waals surface area contributed by atoms with E-state index in [4.69, 9.17) is 16.3 Å². The van der Waals surface area contributed by atoms with E-state index >= 15 is 0 Å². The van der Waals surface area contributed by atoms with Crippen molar-refractivity contribution in [1.82, 2.24) is 9.80 Å². The molecule has 1 aliphatic heterocycles. The summed E-state index contributed by atoms with van der Waals surface area (Å²) in [5, 5.41) is 5.52. The van der Waals surface area contributed by atoms with Crippen molar-refractivity contribution in [3.8, 4) is 5.75 Å². The number of hydrogen-bond acceptors (Lipinski definition) is 4. The average molecular weight is 540 g/mol. The number of nitrogens with zero attached hydrogens (tertiary/aromatic N) is 2. The van der Waals surface area contributed by atoms with Gasteiger partial charge < -0.3 is 19.9 Å². The number of amides is 3. The van der Waals surface area contributed by atoms with E-state index in [1.165, 1.54) is 4.88 Å². The Labute approximate surface area is 228 Å². The van der Waals surface area contributed by atoms with E-state index in [1.807, 2.05) is 36.1 Å². The fraction of sp³-hybridized carbons (Fsp3) is 0.379. The Kier molecular flexibility index (Phi) is 9.11. The molecule has 4 rings (SSSR count). The summed E-state index contributed by atoms with van der Waals surface area (Å²) in [6.07, 6.45) is 1.60. The number of nitrogens with one attached hydrogen (secondary N) is 1. The SMILES string of the molecule is Cc1ccccc1OC[C@H]1c2ccsc2CCN1C(=O)CN(CCC(C)C)C(=O)Nc1cccc(Cl)c1. The van der Waals surface area contributed by atoms with Crippen LogP contribution < -0.4 is 10.1 Å². The number of benzene rings is 2. The summed E-state index contributed by atoms with van der Waals surface area (Å²) in [5.74, 6) is 1.13. The van der Waals surface area contributed by atoms with Crippen molar-refractivity contribution in [2.45, 2.75) is 39.7 Å². The number of anilines is 1. The molecule has 1 aliphatic rings. The van der Waals surface area contributed by atoms with Crippen molar-refractivity contribution in [2.24, 2.45) is 5.92 Å². The summed E-state index contributed by atoms with van der Waals surface area (Å²) < 4.78 is 6.21. The maximum atomic E-state index is 13.7. The van der Waals surface area contributed by atoms with Crippen molar-refractivity contribution in [2.75, 3.05) is 31.6 Å². The Morgan fingerprint density at radius 3 is 2.76 bits per heavy atom. The van der Waals surface area contributed by atoms with Crippen LogP contribution in [0.5, 0.6) is 5.75 Å². The van der Waals surface area contributed by atoms with Gasteiger partial charge in [-0.25, -0.2) is 4.79 Å². The molecule has 37 heavy (non-hydrogen) atoms. The predicted molar refractivity (Wildman–Crippen MR) is 151 cm³/mol. The summed E-state index contributed by atoms with van der Waals surface area (Å²) in [6.45, 7) is 7.67. The maximum Gasteiger partial charge on any atom is 0.322 e. The van der Waals surface area contributed by atoms with Gasteiger partial charge in [0.1, 0.15) is 18.9 Å². The summed E-state index contributed by atoms with van der Waals surface area (Å²) in [7, 11) is 0.